The predicted molar refractivity (Wildman–Crippen MR) is 90.6 cm³/mol. The van der Waals surface area contributed by atoms with Gasteiger partial charge in [-0.15, -0.1) is 0 Å². The Morgan fingerprint density at radius 3 is 2.83 bits per heavy atom. The van der Waals surface area contributed by atoms with E-state index in [2.05, 4.69) is 15.2 Å². The van der Waals surface area contributed by atoms with Crippen molar-refractivity contribution >= 4 is 5.91 Å². The normalized spacial score (nSPS) is 18.1. The topological polar surface area (TPSA) is 64.2 Å². The van der Waals surface area contributed by atoms with Crippen LogP contribution in [0.2, 0.25) is 0 Å². The Hall–Kier alpha value is -2.11. The number of nitrogens with zero attached hydrogens (tertiary/aromatic N) is 4. The molecule has 1 fully saturated rings. The van der Waals surface area contributed by atoms with E-state index in [4.69, 9.17) is 4.52 Å². The first-order chi connectivity index (χ1) is 11.5. The molecule has 2 aromatic rings. The summed E-state index contributed by atoms with van der Waals surface area (Å²) in [6.45, 7) is 7.51. The minimum absolute atomic E-state index is 0.226. The number of amides is 1. The van der Waals surface area contributed by atoms with Crippen molar-refractivity contribution < 1.29 is 9.32 Å². The number of likely N-dealkylation sites (tertiary alicyclic amines) is 1. The van der Waals surface area contributed by atoms with Crippen LogP contribution in [0.5, 0.6) is 0 Å². The Bertz CT molecular complexity index is 684. The Morgan fingerprint density at radius 2 is 2.17 bits per heavy atom. The first-order valence-corrected chi connectivity index (χ1v) is 8.75. The fraction of sp³-hybridized carbons (Fsp3) is 0.611. The number of aromatic nitrogens is 3. The van der Waals surface area contributed by atoms with Gasteiger partial charge in [-0.25, -0.2) is 0 Å². The van der Waals surface area contributed by atoms with Crippen LogP contribution in [0.3, 0.4) is 0 Å². The lowest BCUT2D eigenvalue weighted by Crippen LogP contribution is -2.46. The molecule has 1 aliphatic rings. The maximum Gasteiger partial charge on any atom is 0.223 e. The van der Waals surface area contributed by atoms with Gasteiger partial charge in [0.05, 0.1) is 24.5 Å². The molecule has 6 heteroatoms. The molecule has 1 saturated heterocycles. The van der Waals surface area contributed by atoms with Crippen LogP contribution in [0.15, 0.2) is 16.9 Å². The Morgan fingerprint density at radius 1 is 1.33 bits per heavy atom. The van der Waals surface area contributed by atoms with Crippen LogP contribution in [-0.2, 0) is 17.8 Å². The van der Waals surface area contributed by atoms with Crippen molar-refractivity contribution in [3.05, 3.63) is 35.0 Å². The van der Waals surface area contributed by atoms with Gasteiger partial charge in [0, 0.05) is 24.7 Å². The van der Waals surface area contributed by atoms with Crippen molar-refractivity contribution in [1.29, 1.82) is 0 Å². The summed E-state index contributed by atoms with van der Waals surface area (Å²) in [6, 6.07) is 0.246. The van der Waals surface area contributed by atoms with E-state index in [-0.39, 0.29) is 11.9 Å². The number of piperidine rings is 1. The van der Waals surface area contributed by atoms with Crippen molar-refractivity contribution in [3.63, 3.8) is 0 Å². The molecular weight excluding hydrogens is 304 g/mol. The fourth-order valence-electron chi connectivity index (χ4n) is 3.54. The second-order valence-corrected chi connectivity index (χ2v) is 6.78. The van der Waals surface area contributed by atoms with Gasteiger partial charge < -0.3 is 9.42 Å². The van der Waals surface area contributed by atoms with Gasteiger partial charge in [0.25, 0.3) is 0 Å². The molecule has 0 aliphatic carbocycles. The number of carbonyl (C=O) groups excluding carboxylic acids is 1. The third kappa shape index (κ3) is 3.68. The van der Waals surface area contributed by atoms with E-state index in [1.54, 1.807) is 0 Å². The average molecular weight is 330 g/mol. The van der Waals surface area contributed by atoms with Crippen LogP contribution in [0.1, 0.15) is 48.3 Å². The zero-order chi connectivity index (χ0) is 17.1. The van der Waals surface area contributed by atoms with Gasteiger partial charge in [-0.1, -0.05) is 5.16 Å². The van der Waals surface area contributed by atoms with Gasteiger partial charge in [0.15, 0.2) is 0 Å². The maximum atomic E-state index is 12.8. The van der Waals surface area contributed by atoms with Crippen LogP contribution in [0.25, 0.3) is 0 Å². The molecular formula is C18H26N4O2. The molecule has 130 valence electrons. The number of hydrogen-bond acceptors (Lipinski definition) is 4. The molecule has 0 unspecified atom stereocenters. The van der Waals surface area contributed by atoms with Gasteiger partial charge in [0.1, 0.15) is 5.76 Å². The third-order valence-electron chi connectivity index (χ3n) is 4.88. The molecule has 0 aromatic carbocycles. The summed E-state index contributed by atoms with van der Waals surface area (Å²) in [7, 11) is 0. The molecule has 2 aromatic heterocycles. The smallest absolute Gasteiger partial charge is 0.223 e. The lowest BCUT2D eigenvalue weighted by atomic mass is 10.0. The van der Waals surface area contributed by atoms with Crippen molar-refractivity contribution in [1.82, 2.24) is 19.8 Å². The molecule has 0 N–H and O–H groups in total. The van der Waals surface area contributed by atoms with Crippen LogP contribution in [-0.4, -0.2) is 38.3 Å². The van der Waals surface area contributed by atoms with Crippen molar-refractivity contribution in [2.75, 3.05) is 6.54 Å². The maximum absolute atomic E-state index is 12.8. The highest BCUT2D eigenvalue weighted by atomic mass is 16.5. The summed E-state index contributed by atoms with van der Waals surface area (Å²) in [5.74, 6) is 1.05. The third-order valence-corrected chi connectivity index (χ3v) is 4.88. The van der Waals surface area contributed by atoms with Gasteiger partial charge in [-0.3, -0.25) is 9.48 Å². The highest BCUT2D eigenvalue weighted by Gasteiger charge is 2.27. The van der Waals surface area contributed by atoms with Gasteiger partial charge in [-0.05, 0) is 52.0 Å². The van der Waals surface area contributed by atoms with Crippen LogP contribution >= 0.6 is 0 Å². The van der Waals surface area contributed by atoms with Gasteiger partial charge in [0.2, 0.25) is 5.91 Å². The molecule has 3 rings (SSSR count). The summed E-state index contributed by atoms with van der Waals surface area (Å²) >= 11 is 0. The lowest BCUT2D eigenvalue weighted by Gasteiger charge is -2.36. The summed E-state index contributed by atoms with van der Waals surface area (Å²) in [6.07, 6.45) is 8.44. The summed E-state index contributed by atoms with van der Waals surface area (Å²) in [5, 5.41) is 8.34. The SMILES string of the molecule is Cc1cnn(C[C@@H]2CCCCN2C(=O)CCc2c(C)noc2C)c1. The fourth-order valence-corrected chi connectivity index (χ4v) is 3.54. The minimum atomic E-state index is 0.226. The Kier molecular flexibility index (Phi) is 5.02. The molecule has 24 heavy (non-hydrogen) atoms. The van der Waals surface area contributed by atoms with Crippen molar-refractivity contribution in [2.45, 2.75) is 65.5 Å². The Labute approximate surface area is 142 Å². The van der Waals surface area contributed by atoms with Gasteiger partial charge in [-0.2, -0.15) is 5.10 Å². The van der Waals surface area contributed by atoms with Crippen molar-refractivity contribution in [2.24, 2.45) is 0 Å². The molecule has 3 heterocycles. The van der Waals surface area contributed by atoms with E-state index in [0.717, 1.165) is 48.5 Å². The minimum Gasteiger partial charge on any atom is -0.361 e. The number of hydrogen-bond donors (Lipinski definition) is 0. The second kappa shape index (κ2) is 7.20. The summed E-state index contributed by atoms with van der Waals surface area (Å²) < 4.78 is 7.15. The quantitative estimate of drug-likeness (QED) is 0.845. The molecule has 0 saturated carbocycles. The van der Waals surface area contributed by atoms with E-state index in [1.807, 2.05) is 37.8 Å². The molecule has 0 spiro atoms. The lowest BCUT2D eigenvalue weighted by molar-refractivity contribution is -0.135. The average Bonchev–Trinajstić information content (AvgIpc) is 3.11. The molecule has 1 amide bonds. The largest absolute Gasteiger partial charge is 0.361 e. The molecule has 1 aliphatic heterocycles. The van der Waals surface area contributed by atoms with E-state index >= 15 is 0 Å². The first kappa shape index (κ1) is 16.7. The van der Waals surface area contributed by atoms with Crippen LogP contribution < -0.4 is 0 Å². The highest BCUT2D eigenvalue weighted by Crippen LogP contribution is 2.21. The van der Waals surface area contributed by atoms with E-state index in [1.165, 1.54) is 6.42 Å². The molecule has 0 bridgehead atoms. The predicted octanol–water partition coefficient (Wildman–Crippen LogP) is 2.81. The zero-order valence-corrected chi connectivity index (χ0v) is 14.8. The monoisotopic (exact) mass is 330 g/mol. The number of carbonyl (C=O) groups is 1. The van der Waals surface area contributed by atoms with Crippen LogP contribution in [0, 0.1) is 20.8 Å². The van der Waals surface area contributed by atoms with Gasteiger partial charge >= 0.3 is 0 Å². The number of aryl methyl sites for hydroxylation is 3. The molecule has 6 nitrogen and oxygen atoms in total. The van der Waals surface area contributed by atoms with E-state index in [9.17, 15) is 4.79 Å². The Balaban J connectivity index is 1.62. The van der Waals surface area contributed by atoms with Crippen molar-refractivity contribution in [3.8, 4) is 0 Å². The summed E-state index contributed by atoms with van der Waals surface area (Å²) in [5.41, 5.74) is 3.12. The molecule has 1 atom stereocenters. The standard InChI is InChI=1S/C18H26N4O2/c1-13-10-19-21(11-13)12-16-6-4-5-9-22(16)18(23)8-7-17-14(2)20-24-15(17)3/h10-11,16H,4-9,12H2,1-3H3/t16-/m0/s1. The molecule has 0 radical (unpaired) electrons. The summed E-state index contributed by atoms with van der Waals surface area (Å²) in [4.78, 5) is 14.8. The number of rotatable bonds is 5. The van der Waals surface area contributed by atoms with Crippen LogP contribution in [0.4, 0.5) is 0 Å². The van der Waals surface area contributed by atoms with E-state index in [0.29, 0.717) is 12.8 Å². The highest BCUT2D eigenvalue weighted by molar-refractivity contribution is 5.77. The first-order valence-electron chi connectivity index (χ1n) is 8.75. The van der Waals surface area contributed by atoms with E-state index < -0.39 is 0 Å². The zero-order valence-electron chi connectivity index (χ0n) is 14.8. The second-order valence-electron chi connectivity index (χ2n) is 6.78.